The molecule has 0 fully saturated rings. The summed E-state index contributed by atoms with van der Waals surface area (Å²) < 4.78 is 10.4. The van der Waals surface area contributed by atoms with E-state index in [4.69, 9.17) is 14.6 Å². The fourth-order valence-electron chi connectivity index (χ4n) is 1.90. The lowest BCUT2D eigenvalue weighted by Gasteiger charge is -2.19. The Morgan fingerprint density at radius 1 is 1.16 bits per heavy atom. The Hall–Kier alpha value is -2.93. The van der Waals surface area contributed by atoms with Crippen LogP contribution in [0.4, 0.5) is 0 Å². The normalized spacial score (nSPS) is 13.0. The van der Waals surface area contributed by atoms with Crippen molar-refractivity contribution in [1.29, 1.82) is 0 Å². The van der Waals surface area contributed by atoms with Crippen LogP contribution >= 0.6 is 0 Å². The number of ketones is 1. The first-order valence-electron chi connectivity index (χ1n) is 7.53. The average Bonchev–Trinajstić information content (AvgIpc) is 2.58. The van der Waals surface area contributed by atoms with Crippen molar-refractivity contribution in [2.75, 3.05) is 6.61 Å². The third-order valence-electron chi connectivity index (χ3n) is 3.02. The molecule has 0 saturated carbocycles. The molecule has 0 aliphatic rings. The van der Waals surface area contributed by atoms with Crippen LogP contribution < -0.4 is 4.74 Å². The maximum Gasteiger partial charge on any atom is 0.331 e. The zero-order valence-corrected chi connectivity index (χ0v) is 13.5. The summed E-state index contributed by atoms with van der Waals surface area (Å²) in [7, 11) is 0. The van der Waals surface area contributed by atoms with E-state index in [1.807, 2.05) is 6.07 Å². The monoisotopic (exact) mass is 348 g/mol. The molecule has 0 heterocycles. The van der Waals surface area contributed by atoms with Crippen LogP contribution in [0.3, 0.4) is 0 Å². The summed E-state index contributed by atoms with van der Waals surface area (Å²) in [6.45, 7) is 3.29. The van der Waals surface area contributed by atoms with Gasteiger partial charge < -0.3 is 19.7 Å². The van der Waals surface area contributed by atoms with Crippen molar-refractivity contribution in [3.63, 3.8) is 0 Å². The number of esters is 1. The second-order valence-electron chi connectivity index (χ2n) is 5.12. The Kier molecular flexibility index (Phi) is 8.67. The first-order valence-corrected chi connectivity index (χ1v) is 7.53. The molecule has 7 heteroatoms. The third-order valence-corrected chi connectivity index (χ3v) is 3.02. The van der Waals surface area contributed by atoms with Crippen molar-refractivity contribution in [3.05, 3.63) is 55.1 Å². The zero-order chi connectivity index (χ0) is 18.7. The van der Waals surface area contributed by atoms with Gasteiger partial charge in [-0.1, -0.05) is 24.8 Å². The lowest BCUT2D eigenvalue weighted by Crippen LogP contribution is -2.28. The van der Waals surface area contributed by atoms with Crippen molar-refractivity contribution in [1.82, 2.24) is 0 Å². The van der Waals surface area contributed by atoms with Crippen molar-refractivity contribution in [2.45, 2.75) is 25.0 Å². The minimum Gasteiger partial charge on any atom is -0.491 e. The van der Waals surface area contributed by atoms with Crippen LogP contribution in [-0.2, 0) is 19.1 Å². The number of hydrogen-bond donors (Lipinski definition) is 2. The molecule has 2 atom stereocenters. The number of ether oxygens (including phenoxy) is 2. The zero-order valence-electron chi connectivity index (χ0n) is 13.5. The minimum absolute atomic E-state index is 0.0426. The van der Waals surface area contributed by atoms with Gasteiger partial charge in [0.2, 0.25) is 0 Å². The Labute approximate surface area is 145 Å². The molecule has 0 saturated heterocycles. The van der Waals surface area contributed by atoms with Gasteiger partial charge in [-0.15, -0.1) is 0 Å². The number of allylic oxidation sites excluding steroid dienone is 1. The summed E-state index contributed by atoms with van der Waals surface area (Å²) in [5.41, 5.74) is 0. The SMILES string of the molecule is C=CC(=O)CC(CC(O)COc1ccccc1)OC(=O)/C=C/C(=O)O. The molecule has 1 aromatic rings. The number of aliphatic hydroxyl groups is 1. The Balaban J connectivity index is 2.59. The molecule has 2 unspecified atom stereocenters. The fraction of sp³-hybridized carbons (Fsp3) is 0.278. The van der Waals surface area contributed by atoms with E-state index < -0.39 is 24.1 Å². The van der Waals surface area contributed by atoms with E-state index in [1.54, 1.807) is 24.3 Å². The minimum atomic E-state index is -1.30. The third kappa shape index (κ3) is 9.07. The number of carbonyl (C=O) groups excluding carboxylic acids is 2. The largest absolute Gasteiger partial charge is 0.491 e. The van der Waals surface area contributed by atoms with E-state index in [0.29, 0.717) is 11.8 Å². The number of carboxylic acids is 1. The Morgan fingerprint density at radius 3 is 2.44 bits per heavy atom. The molecule has 0 bridgehead atoms. The molecular weight excluding hydrogens is 328 g/mol. The predicted molar refractivity (Wildman–Crippen MR) is 89.0 cm³/mol. The van der Waals surface area contributed by atoms with Crippen molar-refractivity contribution >= 4 is 17.7 Å². The van der Waals surface area contributed by atoms with Crippen LogP contribution in [0.25, 0.3) is 0 Å². The molecule has 0 radical (unpaired) electrons. The number of hydrogen-bond acceptors (Lipinski definition) is 6. The highest BCUT2D eigenvalue weighted by atomic mass is 16.5. The van der Waals surface area contributed by atoms with Gasteiger partial charge in [0.25, 0.3) is 0 Å². The summed E-state index contributed by atoms with van der Waals surface area (Å²) in [5, 5.41) is 18.5. The van der Waals surface area contributed by atoms with E-state index >= 15 is 0 Å². The van der Waals surface area contributed by atoms with E-state index in [0.717, 1.165) is 12.2 Å². The summed E-state index contributed by atoms with van der Waals surface area (Å²) in [5.74, 6) is -2.01. The molecule has 0 amide bonds. The molecule has 134 valence electrons. The number of carbonyl (C=O) groups is 3. The maximum atomic E-state index is 11.6. The molecule has 0 spiro atoms. The van der Waals surface area contributed by atoms with E-state index in [1.165, 1.54) is 0 Å². The number of benzene rings is 1. The van der Waals surface area contributed by atoms with Crippen LogP contribution in [-0.4, -0.2) is 46.7 Å². The van der Waals surface area contributed by atoms with Crippen molar-refractivity contribution in [2.24, 2.45) is 0 Å². The smallest absolute Gasteiger partial charge is 0.331 e. The van der Waals surface area contributed by atoms with Crippen molar-refractivity contribution < 1.29 is 34.1 Å². The van der Waals surface area contributed by atoms with Crippen LogP contribution in [0.1, 0.15) is 12.8 Å². The van der Waals surface area contributed by atoms with E-state index in [-0.39, 0.29) is 25.2 Å². The number of rotatable bonds is 11. The summed E-state index contributed by atoms with van der Waals surface area (Å²) in [6, 6.07) is 8.84. The van der Waals surface area contributed by atoms with Crippen LogP contribution in [0.15, 0.2) is 55.1 Å². The van der Waals surface area contributed by atoms with Gasteiger partial charge in [0.1, 0.15) is 18.5 Å². The van der Waals surface area contributed by atoms with Gasteiger partial charge in [-0.05, 0) is 18.2 Å². The highest BCUT2D eigenvalue weighted by molar-refractivity contribution is 5.92. The molecule has 1 aromatic carbocycles. The summed E-state index contributed by atoms with van der Waals surface area (Å²) >= 11 is 0. The van der Waals surface area contributed by atoms with Crippen LogP contribution in [0.2, 0.25) is 0 Å². The van der Waals surface area contributed by atoms with Gasteiger partial charge in [-0.25, -0.2) is 9.59 Å². The standard InChI is InChI=1S/C18H20O7/c1-2-13(19)10-16(25-18(23)9-8-17(21)22)11-14(20)12-24-15-6-4-3-5-7-15/h2-9,14,16,20H,1,10-12H2,(H,21,22)/b9-8+. The molecular formula is C18H20O7. The Morgan fingerprint density at radius 2 is 1.84 bits per heavy atom. The van der Waals surface area contributed by atoms with Gasteiger partial charge in [-0.2, -0.15) is 0 Å². The predicted octanol–water partition coefficient (Wildman–Crippen LogP) is 1.51. The quantitative estimate of drug-likeness (QED) is 0.461. The van der Waals surface area contributed by atoms with Gasteiger partial charge in [0.15, 0.2) is 5.78 Å². The lowest BCUT2D eigenvalue weighted by molar-refractivity contribution is -0.146. The van der Waals surface area contributed by atoms with Crippen LogP contribution in [0, 0.1) is 0 Å². The van der Waals surface area contributed by atoms with Crippen LogP contribution in [0.5, 0.6) is 5.75 Å². The summed E-state index contributed by atoms with van der Waals surface area (Å²) in [4.78, 5) is 33.5. The fourth-order valence-corrected chi connectivity index (χ4v) is 1.90. The lowest BCUT2D eigenvalue weighted by atomic mass is 10.1. The second-order valence-corrected chi connectivity index (χ2v) is 5.12. The number of carboxylic acid groups (broad SMARTS) is 1. The summed E-state index contributed by atoms with van der Waals surface area (Å²) in [6.07, 6.45) is 0.327. The molecule has 7 nitrogen and oxygen atoms in total. The number of para-hydroxylation sites is 1. The highest BCUT2D eigenvalue weighted by Crippen LogP contribution is 2.13. The molecule has 1 rings (SSSR count). The second kappa shape index (κ2) is 10.8. The number of aliphatic carboxylic acids is 1. The first kappa shape index (κ1) is 20.1. The van der Waals surface area contributed by atoms with Crippen molar-refractivity contribution in [3.8, 4) is 5.75 Å². The molecule has 25 heavy (non-hydrogen) atoms. The Bertz CT molecular complexity index is 622. The maximum absolute atomic E-state index is 11.6. The molecule has 0 aromatic heterocycles. The molecule has 0 aliphatic heterocycles. The number of aliphatic hydroxyl groups excluding tert-OH is 1. The molecule has 2 N–H and O–H groups in total. The van der Waals surface area contributed by atoms with E-state index in [9.17, 15) is 19.5 Å². The van der Waals surface area contributed by atoms with E-state index in [2.05, 4.69) is 6.58 Å². The highest BCUT2D eigenvalue weighted by Gasteiger charge is 2.21. The van der Waals surface area contributed by atoms with Gasteiger partial charge >= 0.3 is 11.9 Å². The first-order chi connectivity index (χ1) is 11.9. The average molecular weight is 348 g/mol. The molecule has 0 aliphatic carbocycles. The topological polar surface area (TPSA) is 110 Å². The van der Waals surface area contributed by atoms with Gasteiger partial charge in [0.05, 0.1) is 6.10 Å². The van der Waals surface area contributed by atoms with Gasteiger partial charge in [-0.3, -0.25) is 4.79 Å². The van der Waals surface area contributed by atoms with Gasteiger partial charge in [0, 0.05) is 25.0 Å².